The number of hydrogen-bond donors (Lipinski definition) is 0. The molecule has 5 nitrogen and oxygen atoms in total. The summed E-state index contributed by atoms with van der Waals surface area (Å²) in [5.41, 5.74) is -0.0993. The largest absolute Gasteiger partial charge is 0.496 e. The Kier molecular flexibility index (Phi) is 4.45. The first-order valence-electron chi connectivity index (χ1n) is 6.69. The molecule has 2 rings (SSSR count). The third kappa shape index (κ3) is 2.84. The normalized spacial score (nSPS) is 21.2. The van der Waals surface area contributed by atoms with Gasteiger partial charge in [0.25, 0.3) is 5.91 Å². The Morgan fingerprint density at radius 2 is 2.00 bits per heavy atom. The van der Waals surface area contributed by atoms with E-state index in [9.17, 15) is 14.0 Å². The molecule has 114 valence electrons. The van der Waals surface area contributed by atoms with Crippen LogP contribution < -0.4 is 4.74 Å². The number of hydrogen-bond acceptors (Lipinski definition) is 4. The topological polar surface area (TPSA) is 55.8 Å². The SMILES string of the molecule is COC(=O)C1CN(C(=O)c2c(F)cccc2OC)CC1C. The smallest absolute Gasteiger partial charge is 0.310 e. The van der Waals surface area contributed by atoms with Gasteiger partial charge in [-0.15, -0.1) is 0 Å². The highest BCUT2D eigenvalue weighted by atomic mass is 19.1. The summed E-state index contributed by atoms with van der Waals surface area (Å²) >= 11 is 0. The number of rotatable bonds is 3. The molecule has 1 saturated heterocycles. The molecule has 1 aromatic rings. The molecule has 0 N–H and O–H groups in total. The molecule has 0 radical (unpaired) electrons. The number of carbonyl (C=O) groups is 2. The maximum Gasteiger partial charge on any atom is 0.310 e. The number of halogens is 1. The first kappa shape index (κ1) is 15.3. The fourth-order valence-electron chi connectivity index (χ4n) is 2.63. The molecule has 1 aliphatic rings. The van der Waals surface area contributed by atoms with Crippen molar-refractivity contribution in [2.75, 3.05) is 27.3 Å². The average molecular weight is 295 g/mol. The van der Waals surface area contributed by atoms with E-state index in [4.69, 9.17) is 9.47 Å². The van der Waals surface area contributed by atoms with Gasteiger partial charge in [0.15, 0.2) is 0 Å². The lowest BCUT2D eigenvalue weighted by atomic mass is 9.99. The molecule has 0 aromatic heterocycles. The first-order valence-corrected chi connectivity index (χ1v) is 6.69. The molecular weight excluding hydrogens is 277 g/mol. The number of nitrogens with zero attached hydrogens (tertiary/aromatic N) is 1. The zero-order valence-corrected chi connectivity index (χ0v) is 12.3. The Balaban J connectivity index is 2.25. The Morgan fingerprint density at radius 3 is 2.62 bits per heavy atom. The van der Waals surface area contributed by atoms with Gasteiger partial charge in [-0.3, -0.25) is 9.59 Å². The van der Waals surface area contributed by atoms with Gasteiger partial charge in [0.1, 0.15) is 17.1 Å². The number of esters is 1. The minimum atomic E-state index is -0.631. The maximum atomic E-state index is 13.9. The average Bonchev–Trinajstić information content (AvgIpc) is 2.87. The van der Waals surface area contributed by atoms with E-state index in [1.165, 1.54) is 37.3 Å². The van der Waals surface area contributed by atoms with Gasteiger partial charge in [0.2, 0.25) is 0 Å². The van der Waals surface area contributed by atoms with Crippen LogP contribution in [-0.4, -0.2) is 44.1 Å². The summed E-state index contributed by atoms with van der Waals surface area (Å²) in [6, 6.07) is 4.23. The van der Waals surface area contributed by atoms with E-state index in [2.05, 4.69) is 0 Å². The zero-order valence-electron chi connectivity index (χ0n) is 12.3. The standard InChI is InChI=1S/C15H18FNO4/c1-9-7-17(8-10(9)15(19)21-3)14(18)13-11(16)5-4-6-12(13)20-2/h4-6,9-10H,7-8H2,1-3H3. The fraction of sp³-hybridized carbons (Fsp3) is 0.467. The van der Waals surface area contributed by atoms with Crippen LogP contribution in [0.15, 0.2) is 18.2 Å². The molecule has 1 amide bonds. The number of methoxy groups -OCH3 is 2. The van der Waals surface area contributed by atoms with E-state index in [1.54, 1.807) is 0 Å². The molecule has 0 saturated carbocycles. The highest BCUT2D eigenvalue weighted by Crippen LogP contribution is 2.29. The summed E-state index contributed by atoms with van der Waals surface area (Å²) in [7, 11) is 2.70. The molecule has 0 aliphatic carbocycles. The van der Waals surface area contributed by atoms with Gasteiger partial charge in [-0.2, -0.15) is 0 Å². The molecule has 6 heteroatoms. The van der Waals surface area contributed by atoms with Crippen molar-refractivity contribution in [1.82, 2.24) is 4.90 Å². The number of ether oxygens (including phenoxy) is 2. The van der Waals surface area contributed by atoms with E-state index in [1.807, 2.05) is 6.92 Å². The fourth-order valence-corrected chi connectivity index (χ4v) is 2.63. The summed E-state index contributed by atoms with van der Waals surface area (Å²) in [6.07, 6.45) is 0. The summed E-state index contributed by atoms with van der Waals surface area (Å²) in [4.78, 5) is 25.6. The van der Waals surface area contributed by atoms with Crippen molar-refractivity contribution in [3.63, 3.8) is 0 Å². The van der Waals surface area contributed by atoms with E-state index in [0.717, 1.165) is 0 Å². The quantitative estimate of drug-likeness (QED) is 0.797. The van der Waals surface area contributed by atoms with Crippen molar-refractivity contribution in [1.29, 1.82) is 0 Å². The van der Waals surface area contributed by atoms with Crippen molar-refractivity contribution in [2.45, 2.75) is 6.92 Å². The molecule has 2 atom stereocenters. The Labute approximate surface area is 122 Å². The van der Waals surface area contributed by atoms with Crippen LogP contribution in [0.3, 0.4) is 0 Å². The molecule has 1 fully saturated rings. The van der Waals surface area contributed by atoms with Gasteiger partial charge in [-0.1, -0.05) is 13.0 Å². The number of benzene rings is 1. The third-order valence-corrected chi connectivity index (χ3v) is 3.81. The monoisotopic (exact) mass is 295 g/mol. The van der Waals surface area contributed by atoms with Gasteiger partial charge in [-0.05, 0) is 18.1 Å². The minimum absolute atomic E-state index is 0.0285. The molecule has 0 spiro atoms. The summed E-state index contributed by atoms with van der Waals surface area (Å²) in [5.74, 6) is -1.67. The van der Waals surface area contributed by atoms with Gasteiger partial charge in [-0.25, -0.2) is 4.39 Å². The summed E-state index contributed by atoms with van der Waals surface area (Å²) in [5, 5.41) is 0. The lowest BCUT2D eigenvalue weighted by molar-refractivity contribution is -0.146. The second-order valence-electron chi connectivity index (χ2n) is 5.13. The highest BCUT2D eigenvalue weighted by Gasteiger charge is 2.39. The van der Waals surface area contributed by atoms with Gasteiger partial charge < -0.3 is 14.4 Å². The maximum absolute atomic E-state index is 13.9. The molecule has 1 aliphatic heterocycles. The van der Waals surface area contributed by atoms with E-state index in [-0.39, 0.29) is 35.7 Å². The number of amides is 1. The Bertz CT molecular complexity index is 561. The lowest BCUT2D eigenvalue weighted by Crippen LogP contribution is -2.31. The van der Waals surface area contributed by atoms with Crippen LogP contribution in [0.1, 0.15) is 17.3 Å². The van der Waals surface area contributed by atoms with Crippen molar-refractivity contribution >= 4 is 11.9 Å². The lowest BCUT2D eigenvalue weighted by Gasteiger charge is -2.18. The molecule has 21 heavy (non-hydrogen) atoms. The second kappa shape index (κ2) is 6.11. The van der Waals surface area contributed by atoms with Gasteiger partial charge in [0, 0.05) is 13.1 Å². The molecular formula is C15H18FNO4. The highest BCUT2D eigenvalue weighted by molar-refractivity contribution is 5.97. The van der Waals surface area contributed by atoms with Crippen LogP contribution in [0, 0.1) is 17.7 Å². The second-order valence-corrected chi connectivity index (χ2v) is 5.13. The minimum Gasteiger partial charge on any atom is -0.496 e. The van der Waals surface area contributed by atoms with Crippen molar-refractivity contribution < 1.29 is 23.5 Å². The number of carbonyl (C=O) groups excluding carboxylic acids is 2. The third-order valence-electron chi connectivity index (χ3n) is 3.81. The number of likely N-dealkylation sites (tertiary alicyclic amines) is 1. The Morgan fingerprint density at radius 1 is 1.29 bits per heavy atom. The van der Waals surface area contributed by atoms with Crippen LogP contribution in [0.5, 0.6) is 5.75 Å². The van der Waals surface area contributed by atoms with Crippen LogP contribution in [-0.2, 0) is 9.53 Å². The molecule has 0 bridgehead atoms. The predicted octanol–water partition coefficient (Wildman–Crippen LogP) is 1.72. The van der Waals surface area contributed by atoms with Crippen molar-refractivity contribution in [2.24, 2.45) is 11.8 Å². The van der Waals surface area contributed by atoms with E-state index in [0.29, 0.717) is 6.54 Å². The van der Waals surface area contributed by atoms with Crippen LogP contribution in [0.4, 0.5) is 4.39 Å². The van der Waals surface area contributed by atoms with Crippen molar-refractivity contribution in [3.8, 4) is 5.75 Å². The predicted molar refractivity (Wildman–Crippen MR) is 73.5 cm³/mol. The van der Waals surface area contributed by atoms with Crippen LogP contribution in [0.2, 0.25) is 0 Å². The molecule has 2 unspecified atom stereocenters. The first-order chi connectivity index (χ1) is 9.99. The molecule has 1 aromatic carbocycles. The van der Waals surface area contributed by atoms with Gasteiger partial charge in [0.05, 0.1) is 20.1 Å². The van der Waals surface area contributed by atoms with E-state index >= 15 is 0 Å². The summed E-state index contributed by atoms with van der Waals surface area (Å²) in [6.45, 7) is 2.48. The van der Waals surface area contributed by atoms with Gasteiger partial charge >= 0.3 is 5.97 Å². The zero-order chi connectivity index (χ0) is 15.6. The molecule has 1 heterocycles. The van der Waals surface area contributed by atoms with Crippen LogP contribution in [0.25, 0.3) is 0 Å². The Hall–Kier alpha value is -2.11. The summed E-state index contributed by atoms with van der Waals surface area (Å²) < 4.78 is 23.7. The van der Waals surface area contributed by atoms with Crippen LogP contribution >= 0.6 is 0 Å². The van der Waals surface area contributed by atoms with Crippen molar-refractivity contribution in [3.05, 3.63) is 29.6 Å². The van der Waals surface area contributed by atoms with E-state index < -0.39 is 11.7 Å².